The molecule has 2 fully saturated rings. The lowest BCUT2D eigenvalue weighted by Crippen LogP contribution is -2.47. The molecule has 10 nitrogen and oxygen atoms in total. The van der Waals surface area contributed by atoms with Gasteiger partial charge in [0.2, 0.25) is 5.95 Å². The van der Waals surface area contributed by atoms with Crippen LogP contribution in [-0.2, 0) is 6.18 Å². The number of imidazole rings is 1. The van der Waals surface area contributed by atoms with Crippen LogP contribution >= 0.6 is 23.2 Å². The fourth-order valence-electron chi connectivity index (χ4n) is 7.01. The minimum Gasteiger partial charge on any atom is -0.495 e. The van der Waals surface area contributed by atoms with Gasteiger partial charge in [-0.25, -0.2) is 15.0 Å². The Bertz CT molecular complexity index is 2000. The third-order valence-electron chi connectivity index (χ3n) is 9.54. The van der Waals surface area contributed by atoms with Gasteiger partial charge in [-0.3, -0.25) is 4.57 Å². The third kappa shape index (κ3) is 7.19. The average molecular weight is 742 g/mol. The fourth-order valence-corrected chi connectivity index (χ4v) is 7.60. The lowest BCUT2D eigenvalue weighted by Gasteiger charge is -2.41. The smallest absolute Gasteiger partial charge is 0.418 e. The zero-order valence-electron chi connectivity index (χ0n) is 28.1. The maximum atomic E-state index is 14.5. The summed E-state index contributed by atoms with van der Waals surface area (Å²) < 4.78 is 56.2. The molecule has 5 aromatic rings. The Morgan fingerprint density at radius 2 is 1.53 bits per heavy atom. The molecule has 4 heterocycles. The molecule has 0 saturated carbocycles. The second kappa shape index (κ2) is 14.6. The molecule has 3 aromatic carbocycles. The van der Waals surface area contributed by atoms with Crippen LogP contribution in [0.2, 0.25) is 10.0 Å². The molecule has 0 bridgehead atoms. The lowest BCUT2D eigenvalue weighted by atomic mass is 9.98. The molecule has 7 rings (SSSR count). The maximum Gasteiger partial charge on any atom is 0.418 e. The second-order valence-corrected chi connectivity index (χ2v) is 13.4. The van der Waals surface area contributed by atoms with Crippen LogP contribution in [0.4, 0.5) is 42.0 Å². The summed E-state index contributed by atoms with van der Waals surface area (Å²) in [5.74, 6) is 1.65. The van der Waals surface area contributed by atoms with E-state index in [-0.39, 0.29) is 27.2 Å². The normalized spacial score (nSPS) is 16.0. The molecule has 0 aliphatic carbocycles. The highest BCUT2D eigenvalue weighted by Crippen LogP contribution is 2.46. The first-order valence-corrected chi connectivity index (χ1v) is 17.5. The third-order valence-corrected chi connectivity index (χ3v) is 10.3. The van der Waals surface area contributed by atoms with Gasteiger partial charge >= 0.3 is 6.18 Å². The Morgan fingerprint density at radius 3 is 2.22 bits per heavy atom. The van der Waals surface area contributed by atoms with Crippen molar-refractivity contribution in [3.05, 3.63) is 76.5 Å². The SMILES string of the molecule is COc1cc(OC)c(Cl)c(Nc2nc3ccccc3n2-c2cc(Nc3ccc(N4CCC(N5CCCCC5)CC4)c(C(F)(F)F)c3)ncn2)c1Cl. The molecule has 0 spiro atoms. The first kappa shape index (κ1) is 35.0. The Hall–Kier alpha value is -4.46. The van der Waals surface area contributed by atoms with Gasteiger partial charge in [0.05, 0.1) is 36.5 Å². The van der Waals surface area contributed by atoms with E-state index in [4.69, 9.17) is 37.7 Å². The van der Waals surface area contributed by atoms with E-state index >= 15 is 0 Å². The molecule has 0 radical (unpaired) electrons. The summed E-state index contributed by atoms with van der Waals surface area (Å²) in [6.45, 7) is 3.33. The Morgan fingerprint density at radius 1 is 0.824 bits per heavy atom. The molecule has 268 valence electrons. The Labute approximate surface area is 303 Å². The number of para-hydroxylation sites is 2. The molecular formula is C36H37Cl2F3N8O2. The molecule has 2 aliphatic rings. The van der Waals surface area contributed by atoms with Crippen molar-refractivity contribution in [2.24, 2.45) is 0 Å². The number of rotatable bonds is 9. The molecule has 2 aliphatic heterocycles. The van der Waals surface area contributed by atoms with Crippen LogP contribution in [0.25, 0.3) is 16.9 Å². The quantitative estimate of drug-likeness (QED) is 0.154. The number of benzene rings is 3. The summed E-state index contributed by atoms with van der Waals surface area (Å²) in [4.78, 5) is 17.9. The summed E-state index contributed by atoms with van der Waals surface area (Å²) in [7, 11) is 2.96. The van der Waals surface area contributed by atoms with Crippen LogP contribution < -0.4 is 25.0 Å². The van der Waals surface area contributed by atoms with Crippen molar-refractivity contribution >= 4 is 63.1 Å². The molecule has 0 amide bonds. The van der Waals surface area contributed by atoms with E-state index in [0.29, 0.717) is 59.1 Å². The zero-order chi connectivity index (χ0) is 35.7. The first-order valence-electron chi connectivity index (χ1n) is 16.8. The number of hydrogen-bond donors (Lipinski definition) is 2. The van der Waals surface area contributed by atoms with Crippen molar-refractivity contribution in [3.8, 4) is 17.3 Å². The largest absolute Gasteiger partial charge is 0.495 e. The number of piperidine rings is 2. The van der Waals surface area contributed by atoms with Crippen molar-refractivity contribution in [1.82, 2.24) is 24.4 Å². The van der Waals surface area contributed by atoms with Crippen molar-refractivity contribution in [3.63, 3.8) is 0 Å². The van der Waals surface area contributed by atoms with E-state index in [2.05, 4.69) is 25.5 Å². The lowest BCUT2D eigenvalue weighted by molar-refractivity contribution is -0.137. The summed E-state index contributed by atoms with van der Waals surface area (Å²) in [5.41, 5.74) is 1.39. The van der Waals surface area contributed by atoms with Gasteiger partial charge in [-0.1, -0.05) is 41.8 Å². The maximum absolute atomic E-state index is 14.5. The molecule has 0 atom stereocenters. The number of aromatic nitrogens is 4. The molecular weight excluding hydrogens is 704 g/mol. The van der Waals surface area contributed by atoms with Crippen molar-refractivity contribution in [1.29, 1.82) is 0 Å². The Balaban J connectivity index is 1.18. The number of ether oxygens (including phenoxy) is 2. The van der Waals surface area contributed by atoms with Gasteiger partial charge in [-0.15, -0.1) is 0 Å². The van der Waals surface area contributed by atoms with Crippen LogP contribution in [-0.4, -0.2) is 70.9 Å². The fraction of sp³-hybridized carbons (Fsp3) is 0.361. The minimum atomic E-state index is -4.55. The van der Waals surface area contributed by atoms with Gasteiger partial charge in [0.15, 0.2) is 0 Å². The highest BCUT2D eigenvalue weighted by molar-refractivity contribution is 6.41. The zero-order valence-corrected chi connectivity index (χ0v) is 29.6. The summed E-state index contributed by atoms with van der Waals surface area (Å²) >= 11 is 13.3. The van der Waals surface area contributed by atoms with E-state index in [1.54, 1.807) is 28.8 Å². The summed E-state index contributed by atoms with van der Waals surface area (Å²) in [6, 6.07) is 15.4. The van der Waals surface area contributed by atoms with E-state index in [0.717, 1.165) is 32.0 Å². The van der Waals surface area contributed by atoms with Crippen LogP contribution in [0.1, 0.15) is 37.7 Å². The molecule has 15 heteroatoms. The van der Waals surface area contributed by atoms with Crippen LogP contribution in [0.5, 0.6) is 11.5 Å². The van der Waals surface area contributed by atoms with Gasteiger partial charge < -0.3 is 29.9 Å². The van der Waals surface area contributed by atoms with E-state index in [1.807, 2.05) is 29.2 Å². The van der Waals surface area contributed by atoms with Gasteiger partial charge in [0.1, 0.15) is 39.5 Å². The van der Waals surface area contributed by atoms with Crippen molar-refractivity contribution in [2.45, 2.75) is 44.3 Å². The number of fused-ring (bicyclic) bond motifs is 1. The number of hydrogen-bond acceptors (Lipinski definition) is 9. The molecule has 2 N–H and O–H groups in total. The molecule has 0 unspecified atom stereocenters. The van der Waals surface area contributed by atoms with E-state index in [1.165, 1.54) is 39.8 Å². The summed E-state index contributed by atoms with van der Waals surface area (Å²) in [5, 5.41) is 6.69. The first-order chi connectivity index (χ1) is 24.6. The number of nitrogens with one attached hydrogen (secondary N) is 2. The van der Waals surface area contributed by atoms with Crippen LogP contribution in [0, 0.1) is 0 Å². The average Bonchev–Trinajstić information content (AvgIpc) is 3.52. The number of likely N-dealkylation sites (tertiary alicyclic amines) is 1. The van der Waals surface area contributed by atoms with Crippen molar-refractivity contribution < 1.29 is 22.6 Å². The topological polar surface area (TPSA) is 92.6 Å². The number of methoxy groups -OCH3 is 2. The second-order valence-electron chi connectivity index (χ2n) is 12.6. The van der Waals surface area contributed by atoms with Gasteiger partial charge in [0, 0.05) is 42.6 Å². The van der Waals surface area contributed by atoms with Gasteiger partial charge in [0.25, 0.3) is 0 Å². The highest BCUT2D eigenvalue weighted by Gasteiger charge is 2.36. The Kier molecular flexibility index (Phi) is 10.0. The van der Waals surface area contributed by atoms with Crippen LogP contribution in [0.15, 0.2) is 60.9 Å². The molecule has 2 saturated heterocycles. The van der Waals surface area contributed by atoms with E-state index < -0.39 is 11.7 Å². The predicted molar refractivity (Wildman–Crippen MR) is 195 cm³/mol. The monoisotopic (exact) mass is 740 g/mol. The van der Waals surface area contributed by atoms with Crippen molar-refractivity contribution in [2.75, 3.05) is 55.9 Å². The summed E-state index contributed by atoms with van der Waals surface area (Å²) in [6.07, 6.45) is 2.13. The standard InChI is InChI=1S/C36H37Cl2F3N8O2/c1-50-28-19-29(51-2)33(38)34(32(28)37)46-35-45-25-8-4-5-9-27(25)49(35)31-20-30(42-21-43-31)44-22-10-11-26(24(18-22)36(39,40)41)48-16-12-23(13-17-48)47-14-6-3-7-15-47/h4-5,8-11,18-21,23H,3,6-7,12-17H2,1-2H3,(H,45,46)(H,42,43,44). The van der Waals surface area contributed by atoms with Gasteiger partial charge in [-0.2, -0.15) is 13.2 Å². The number of alkyl halides is 3. The number of anilines is 5. The minimum absolute atomic E-state index is 0.195. The number of halogens is 5. The van der Waals surface area contributed by atoms with E-state index in [9.17, 15) is 13.2 Å². The van der Waals surface area contributed by atoms with Gasteiger partial charge in [-0.05, 0) is 69.1 Å². The van der Waals surface area contributed by atoms with Crippen LogP contribution in [0.3, 0.4) is 0 Å². The highest BCUT2D eigenvalue weighted by atomic mass is 35.5. The number of nitrogens with zero attached hydrogens (tertiary/aromatic N) is 6. The predicted octanol–water partition coefficient (Wildman–Crippen LogP) is 9.10. The molecule has 2 aromatic heterocycles. The molecule has 51 heavy (non-hydrogen) atoms.